The molecule has 0 fully saturated rings. The maximum absolute atomic E-state index is 10.1. The van der Waals surface area contributed by atoms with Gasteiger partial charge < -0.3 is 20.4 Å². The molecule has 0 saturated heterocycles. The van der Waals surface area contributed by atoms with Crippen molar-refractivity contribution in [2.24, 2.45) is 5.41 Å². The Bertz CT molecular complexity index is 181. The molecule has 0 aromatic rings. The third kappa shape index (κ3) is 11.3. The third-order valence-corrected chi connectivity index (χ3v) is 1.70. The van der Waals surface area contributed by atoms with Gasteiger partial charge in [-0.05, 0) is 34.1 Å². The van der Waals surface area contributed by atoms with Crippen molar-refractivity contribution < 1.29 is 25.2 Å². The third-order valence-electron chi connectivity index (χ3n) is 1.70. The minimum atomic E-state index is -0.986. The van der Waals surface area contributed by atoms with E-state index in [0.717, 1.165) is 0 Å². The lowest BCUT2D eigenvalue weighted by Crippen LogP contribution is -2.27. The van der Waals surface area contributed by atoms with E-state index in [1.807, 2.05) is 0 Å². The molecule has 5 heteroatoms. The summed E-state index contributed by atoms with van der Waals surface area (Å²) in [4.78, 5) is 10.1. The fraction of sp³-hybridized carbons (Fsp3) is 0.900. The first-order valence-corrected chi connectivity index (χ1v) is 4.74. The lowest BCUT2D eigenvalue weighted by Gasteiger charge is -2.13. The summed E-state index contributed by atoms with van der Waals surface area (Å²) < 4.78 is 0. The Kier molecular flexibility index (Phi) is 7.56. The average molecular weight is 222 g/mol. The molecule has 0 aromatic carbocycles. The van der Waals surface area contributed by atoms with Crippen LogP contribution in [0.5, 0.6) is 0 Å². The van der Waals surface area contributed by atoms with Gasteiger partial charge >= 0.3 is 5.97 Å². The van der Waals surface area contributed by atoms with Gasteiger partial charge in [-0.15, -0.1) is 0 Å². The van der Waals surface area contributed by atoms with Gasteiger partial charge in [0.15, 0.2) is 0 Å². The van der Waals surface area contributed by atoms with Crippen LogP contribution in [0.25, 0.3) is 0 Å². The predicted octanol–water partition coefficient (Wildman–Crippen LogP) is 0.229. The zero-order valence-corrected chi connectivity index (χ0v) is 9.82. The Hall–Kier alpha value is -0.650. The van der Waals surface area contributed by atoms with Gasteiger partial charge in [-0.2, -0.15) is 0 Å². The number of hydrogen-bond donors (Lipinski definition) is 4. The van der Waals surface area contributed by atoms with E-state index in [0.29, 0.717) is 6.42 Å². The van der Waals surface area contributed by atoms with Gasteiger partial charge in [0.2, 0.25) is 0 Å². The summed E-state index contributed by atoms with van der Waals surface area (Å²) >= 11 is 0. The maximum Gasteiger partial charge on any atom is 0.311 e. The Balaban J connectivity index is 0. The Morgan fingerprint density at radius 2 is 1.53 bits per heavy atom. The summed E-state index contributed by atoms with van der Waals surface area (Å²) in [5.41, 5.74) is -1.69. The van der Waals surface area contributed by atoms with Crippen molar-refractivity contribution in [2.75, 3.05) is 13.2 Å². The van der Waals surface area contributed by atoms with Crippen molar-refractivity contribution in [1.82, 2.24) is 0 Å². The molecule has 92 valence electrons. The van der Waals surface area contributed by atoms with Crippen molar-refractivity contribution >= 4 is 5.97 Å². The minimum absolute atomic E-state index is 0.0590. The summed E-state index contributed by atoms with van der Waals surface area (Å²) in [6.07, 6.45) is 0.451. The van der Waals surface area contributed by atoms with Crippen molar-refractivity contribution in [1.29, 1.82) is 0 Å². The molecule has 0 aliphatic rings. The number of carboxylic acids is 1. The van der Waals surface area contributed by atoms with Crippen molar-refractivity contribution in [2.45, 2.75) is 39.7 Å². The van der Waals surface area contributed by atoms with E-state index >= 15 is 0 Å². The van der Waals surface area contributed by atoms with Gasteiger partial charge in [0.1, 0.15) is 0 Å². The van der Waals surface area contributed by atoms with Crippen molar-refractivity contribution in [3.8, 4) is 0 Å². The molecule has 4 N–H and O–H groups in total. The van der Waals surface area contributed by atoms with Crippen LogP contribution in [0.4, 0.5) is 0 Å². The van der Waals surface area contributed by atoms with E-state index in [-0.39, 0.29) is 13.2 Å². The Morgan fingerprint density at radius 1 is 1.13 bits per heavy atom. The zero-order valence-electron chi connectivity index (χ0n) is 9.82. The summed E-state index contributed by atoms with van der Waals surface area (Å²) in [5, 5.41) is 33.8. The van der Waals surface area contributed by atoms with Crippen LogP contribution in [0.1, 0.15) is 34.1 Å². The van der Waals surface area contributed by atoms with Gasteiger partial charge in [-0.3, -0.25) is 4.79 Å². The smallest absolute Gasteiger partial charge is 0.311 e. The molecule has 0 atom stereocenters. The summed E-state index contributed by atoms with van der Waals surface area (Å²) in [5.74, 6) is -0.972. The number of aliphatic carboxylic acids is 1. The van der Waals surface area contributed by atoms with Crippen LogP contribution < -0.4 is 0 Å². The number of carboxylic acid groups (broad SMARTS) is 1. The van der Waals surface area contributed by atoms with Crippen LogP contribution in [0.2, 0.25) is 0 Å². The zero-order chi connectivity index (χ0) is 12.7. The van der Waals surface area contributed by atoms with Crippen LogP contribution in [0, 0.1) is 5.41 Å². The highest BCUT2D eigenvalue weighted by atomic mass is 16.4. The highest BCUT2D eigenvalue weighted by molar-refractivity contribution is 5.73. The van der Waals surface area contributed by atoms with E-state index < -0.39 is 17.0 Å². The van der Waals surface area contributed by atoms with E-state index in [1.165, 1.54) is 13.8 Å². The molecular formula is C10H22O5. The molecule has 0 rings (SSSR count). The van der Waals surface area contributed by atoms with Crippen LogP contribution >= 0.6 is 0 Å². The first kappa shape index (κ1) is 16.8. The number of carbonyl (C=O) groups is 1. The number of aliphatic hydroxyl groups excluding tert-OH is 2. The Labute approximate surface area is 90.4 Å². The van der Waals surface area contributed by atoms with Crippen molar-refractivity contribution in [3.05, 3.63) is 0 Å². The quantitative estimate of drug-likeness (QED) is 0.546. The summed E-state index contributed by atoms with van der Waals surface area (Å²) in [6.45, 7) is 6.02. The number of rotatable bonds is 4. The molecule has 0 saturated carbocycles. The second-order valence-electron chi connectivity index (χ2n) is 4.63. The van der Waals surface area contributed by atoms with E-state index in [1.54, 1.807) is 13.8 Å². The predicted molar refractivity (Wildman–Crippen MR) is 56.5 cm³/mol. The number of hydrogen-bond acceptors (Lipinski definition) is 4. The molecule has 0 amide bonds. The second-order valence-corrected chi connectivity index (χ2v) is 4.63. The average Bonchev–Trinajstić information content (AvgIpc) is 2.03. The fourth-order valence-electron chi connectivity index (χ4n) is 0.341. The first-order chi connectivity index (χ1) is 6.56. The van der Waals surface area contributed by atoms with Crippen LogP contribution in [-0.2, 0) is 4.79 Å². The summed E-state index contributed by atoms with van der Waals surface area (Å²) in [7, 11) is 0. The monoisotopic (exact) mass is 222 g/mol. The van der Waals surface area contributed by atoms with Crippen LogP contribution in [0.3, 0.4) is 0 Å². The minimum Gasteiger partial charge on any atom is -0.481 e. The van der Waals surface area contributed by atoms with E-state index in [2.05, 4.69) is 0 Å². The summed E-state index contributed by atoms with van der Waals surface area (Å²) in [6, 6.07) is 0. The molecule has 0 aliphatic carbocycles. The number of aliphatic hydroxyl groups is 3. The van der Waals surface area contributed by atoms with Crippen molar-refractivity contribution in [3.63, 3.8) is 0 Å². The standard InChI is InChI=1S/C5H10O3.C5H12O2/c1-5(2,3-6)4(7)8;1-5(2,7)3-4-6/h6H,3H2,1-2H3,(H,7,8);6-7H,3-4H2,1-2H3. The van der Waals surface area contributed by atoms with E-state index in [9.17, 15) is 4.79 Å². The molecule has 0 aromatic heterocycles. The van der Waals surface area contributed by atoms with Gasteiger partial charge in [0.05, 0.1) is 17.6 Å². The molecule has 0 heterocycles. The van der Waals surface area contributed by atoms with Gasteiger partial charge in [0.25, 0.3) is 0 Å². The van der Waals surface area contributed by atoms with Crippen LogP contribution in [0.15, 0.2) is 0 Å². The van der Waals surface area contributed by atoms with Gasteiger partial charge in [0, 0.05) is 6.61 Å². The lowest BCUT2D eigenvalue weighted by atomic mass is 9.96. The van der Waals surface area contributed by atoms with Gasteiger partial charge in [-0.1, -0.05) is 0 Å². The molecule has 0 aliphatic heterocycles. The molecule has 0 unspecified atom stereocenters. The molecule has 0 spiro atoms. The topological polar surface area (TPSA) is 98.0 Å². The first-order valence-electron chi connectivity index (χ1n) is 4.74. The van der Waals surface area contributed by atoms with Crippen LogP contribution in [-0.4, -0.2) is 45.2 Å². The molecule has 0 radical (unpaired) electrons. The largest absolute Gasteiger partial charge is 0.481 e. The molecule has 15 heavy (non-hydrogen) atoms. The van der Waals surface area contributed by atoms with Gasteiger partial charge in [-0.25, -0.2) is 0 Å². The highest BCUT2D eigenvalue weighted by Gasteiger charge is 2.25. The SMILES string of the molecule is CC(C)(CO)C(=O)O.CC(C)(O)CCO. The van der Waals surface area contributed by atoms with E-state index in [4.69, 9.17) is 20.4 Å². The maximum atomic E-state index is 10.1. The normalized spacial score (nSPS) is 11.7. The highest BCUT2D eigenvalue weighted by Crippen LogP contribution is 2.12. The fourth-order valence-corrected chi connectivity index (χ4v) is 0.341. The molecule has 0 bridgehead atoms. The lowest BCUT2D eigenvalue weighted by molar-refractivity contribution is -0.148. The molecule has 5 nitrogen and oxygen atoms in total. The Morgan fingerprint density at radius 3 is 1.53 bits per heavy atom. The second kappa shape index (κ2) is 6.76. The molecular weight excluding hydrogens is 200 g/mol.